The van der Waals surface area contributed by atoms with Crippen LogP contribution in [0.15, 0.2) is 30.3 Å². The number of alkyl halides is 1. The summed E-state index contributed by atoms with van der Waals surface area (Å²) in [5.41, 5.74) is 2.70. The first-order valence-corrected chi connectivity index (χ1v) is 11.2. The van der Waals surface area contributed by atoms with E-state index in [2.05, 4.69) is 0 Å². The molecule has 33 heavy (non-hydrogen) atoms. The van der Waals surface area contributed by atoms with Crippen LogP contribution in [-0.4, -0.2) is 63.9 Å². The second-order valence-electron chi connectivity index (χ2n) is 8.88. The minimum Gasteiger partial charge on any atom is -0.507 e. The van der Waals surface area contributed by atoms with Gasteiger partial charge < -0.3 is 29.9 Å². The number of aliphatic hydroxyl groups is 3. The molecule has 2 aromatic carbocycles. The molecule has 1 fully saturated rings. The molecule has 178 valence electrons. The van der Waals surface area contributed by atoms with Crippen molar-refractivity contribution in [3.05, 3.63) is 52.6 Å². The van der Waals surface area contributed by atoms with Gasteiger partial charge in [0.1, 0.15) is 47.3 Å². The van der Waals surface area contributed by atoms with E-state index in [4.69, 9.17) is 9.47 Å². The van der Waals surface area contributed by atoms with E-state index in [0.717, 1.165) is 23.3 Å². The van der Waals surface area contributed by atoms with E-state index in [1.54, 1.807) is 13.0 Å². The molecule has 5 atom stereocenters. The topological polar surface area (TPSA) is 116 Å². The van der Waals surface area contributed by atoms with Gasteiger partial charge in [0.15, 0.2) is 5.78 Å². The van der Waals surface area contributed by atoms with Crippen molar-refractivity contribution in [1.82, 2.24) is 0 Å². The van der Waals surface area contributed by atoms with E-state index in [1.165, 1.54) is 6.07 Å². The second kappa shape index (κ2) is 9.67. The number of carbonyl (C=O) groups excluding carboxylic acids is 1. The molecule has 2 aliphatic rings. The fourth-order valence-electron chi connectivity index (χ4n) is 4.60. The number of carbonyl (C=O) groups is 1. The van der Waals surface area contributed by atoms with Crippen LogP contribution in [0, 0.1) is 12.8 Å². The van der Waals surface area contributed by atoms with E-state index in [0.29, 0.717) is 18.6 Å². The van der Waals surface area contributed by atoms with Gasteiger partial charge in [-0.05, 0) is 54.7 Å². The smallest absolute Gasteiger partial charge is 0.170 e. The molecule has 4 rings (SSSR count). The molecule has 1 saturated carbocycles. The molecule has 0 aromatic heterocycles. The highest BCUT2D eigenvalue weighted by atomic mass is 19.1. The second-order valence-corrected chi connectivity index (χ2v) is 8.88. The molecule has 1 aliphatic heterocycles. The SMILES string of the molecule is Cc1cc(O)c(C(=O)CCc2ccc3c(c2)CCO3)c(OC2CC(CO)C(F)C(O)C2O)c1. The lowest BCUT2D eigenvalue weighted by Crippen LogP contribution is -2.54. The summed E-state index contributed by atoms with van der Waals surface area (Å²) in [4.78, 5) is 13.1. The van der Waals surface area contributed by atoms with Gasteiger partial charge in [-0.3, -0.25) is 4.79 Å². The maximum atomic E-state index is 14.2. The van der Waals surface area contributed by atoms with Crippen LogP contribution in [0.1, 0.15) is 39.9 Å². The Balaban J connectivity index is 1.53. The largest absolute Gasteiger partial charge is 0.507 e. The molecule has 0 saturated heterocycles. The molecular formula is C25H29FO7. The molecule has 8 heteroatoms. The molecule has 1 aliphatic carbocycles. The number of halogens is 1. The van der Waals surface area contributed by atoms with Crippen molar-refractivity contribution >= 4 is 5.78 Å². The quantitative estimate of drug-likeness (QED) is 0.469. The van der Waals surface area contributed by atoms with Crippen LogP contribution in [0.25, 0.3) is 0 Å². The van der Waals surface area contributed by atoms with Crippen molar-refractivity contribution in [2.24, 2.45) is 5.92 Å². The first-order chi connectivity index (χ1) is 15.8. The number of ketones is 1. The number of phenols is 1. The Labute approximate surface area is 191 Å². The predicted molar refractivity (Wildman–Crippen MR) is 118 cm³/mol. The van der Waals surface area contributed by atoms with Crippen LogP contribution in [-0.2, 0) is 12.8 Å². The normalized spacial score (nSPS) is 26.5. The van der Waals surface area contributed by atoms with Crippen molar-refractivity contribution in [1.29, 1.82) is 0 Å². The van der Waals surface area contributed by atoms with Crippen LogP contribution in [0.3, 0.4) is 0 Å². The number of phenolic OH excluding ortho intramolecular Hbond substituents is 1. The Bertz CT molecular complexity index is 1020. The van der Waals surface area contributed by atoms with Crippen molar-refractivity contribution in [3.8, 4) is 17.2 Å². The molecule has 5 unspecified atom stereocenters. The third-order valence-electron chi connectivity index (χ3n) is 6.45. The summed E-state index contributed by atoms with van der Waals surface area (Å²) in [7, 11) is 0. The third-order valence-corrected chi connectivity index (χ3v) is 6.45. The zero-order valence-electron chi connectivity index (χ0n) is 18.4. The molecule has 0 bridgehead atoms. The van der Waals surface area contributed by atoms with Gasteiger partial charge >= 0.3 is 0 Å². The minimum atomic E-state index is -1.78. The van der Waals surface area contributed by atoms with Crippen LogP contribution >= 0.6 is 0 Å². The van der Waals surface area contributed by atoms with Gasteiger partial charge in [0.2, 0.25) is 0 Å². The van der Waals surface area contributed by atoms with E-state index < -0.39 is 37.0 Å². The Morgan fingerprint density at radius 1 is 1.21 bits per heavy atom. The van der Waals surface area contributed by atoms with Gasteiger partial charge in [0, 0.05) is 25.4 Å². The van der Waals surface area contributed by atoms with E-state index >= 15 is 0 Å². The van der Waals surface area contributed by atoms with Crippen LogP contribution in [0.5, 0.6) is 17.2 Å². The van der Waals surface area contributed by atoms with Gasteiger partial charge in [-0.1, -0.05) is 12.1 Å². The van der Waals surface area contributed by atoms with Crippen LogP contribution < -0.4 is 9.47 Å². The standard InChI is InChI=1S/C25H29FO7/c1-13-8-18(29)22(17(28)4-2-14-3-5-19-15(10-14)6-7-32-19)20(9-13)33-21-11-16(12-27)23(26)25(31)24(21)30/h3,5,8-10,16,21,23-25,27,29-31H,2,4,6-7,11-12H2,1H3. The molecule has 0 radical (unpaired) electrons. The molecular weight excluding hydrogens is 431 g/mol. The van der Waals surface area contributed by atoms with E-state index in [-0.39, 0.29) is 35.7 Å². The van der Waals surface area contributed by atoms with Gasteiger partial charge in [-0.15, -0.1) is 0 Å². The fraction of sp³-hybridized carbons (Fsp3) is 0.480. The summed E-state index contributed by atoms with van der Waals surface area (Å²) in [5, 5.41) is 40.3. The summed E-state index contributed by atoms with van der Waals surface area (Å²) in [6, 6.07) is 8.84. The lowest BCUT2D eigenvalue weighted by molar-refractivity contribution is -0.134. The number of aromatic hydroxyl groups is 1. The van der Waals surface area contributed by atoms with Crippen molar-refractivity contribution in [3.63, 3.8) is 0 Å². The lowest BCUT2D eigenvalue weighted by atomic mass is 9.82. The van der Waals surface area contributed by atoms with Crippen LogP contribution in [0.4, 0.5) is 4.39 Å². The summed E-state index contributed by atoms with van der Waals surface area (Å²) in [6.45, 7) is 1.85. The summed E-state index contributed by atoms with van der Waals surface area (Å²) >= 11 is 0. The summed E-state index contributed by atoms with van der Waals surface area (Å²) in [5.74, 6) is -0.570. The fourth-order valence-corrected chi connectivity index (χ4v) is 4.60. The molecule has 0 amide bonds. The molecule has 2 aromatic rings. The highest BCUT2D eigenvalue weighted by molar-refractivity contribution is 6.01. The minimum absolute atomic E-state index is 0.0188. The molecule has 4 N–H and O–H groups in total. The monoisotopic (exact) mass is 460 g/mol. The molecule has 7 nitrogen and oxygen atoms in total. The number of Topliss-reactive ketones (excluding diaryl/α,β-unsaturated/α-hetero) is 1. The summed E-state index contributed by atoms with van der Waals surface area (Å²) in [6.07, 6.45) is -4.73. The average molecular weight is 460 g/mol. The van der Waals surface area contributed by atoms with E-state index in [1.807, 2.05) is 18.2 Å². The van der Waals surface area contributed by atoms with Crippen LogP contribution in [0.2, 0.25) is 0 Å². The number of benzene rings is 2. The number of aliphatic hydroxyl groups excluding tert-OH is 3. The number of aryl methyl sites for hydroxylation is 2. The first-order valence-electron chi connectivity index (χ1n) is 11.2. The Morgan fingerprint density at radius 2 is 2.00 bits per heavy atom. The van der Waals surface area contributed by atoms with Gasteiger partial charge in [-0.25, -0.2) is 4.39 Å². The maximum absolute atomic E-state index is 14.2. The highest BCUT2D eigenvalue weighted by Crippen LogP contribution is 2.36. The van der Waals surface area contributed by atoms with Gasteiger partial charge in [0.05, 0.1) is 6.61 Å². The highest BCUT2D eigenvalue weighted by Gasteiger charge is 2.45. The summed E-state index contributed by atoms with van der Waals surface area (Å²) < 4.78 is 25.5. The lowest BCUT2D eigenvalue weighted by Gasteiger charge is -2.38. The Morgan fingerprint density at radius 3 is 2.76 bits per heavy atom. The van der Waals surface area contributed by atoms with Gasteiger partial charge in [-0.2, -0.15) is 0 Å². The van der Waals surface area contributed by atoms with Gasteiger partial charge in [0.25, 0.3) is 0 Å². The molecule has 1 heterocycles. The Kier molecular flexibility index (Phi) is 6.88. The predicted octanol–water partition coefficient (Wildman–Crippen LogP) is 2.27. The zero-order valence-corrected chi connectivity index (χ0v) is 18.4. The number of ether oxygens (including phenoxy) is 2. The third kappa shape index (κ3) is 4.83. The van der Waals surface area contributed by atoms with E-state index in [9.17, 15) is 29.6 Å². The number of fused-ring (bicyclic) bond motifs is 1. The Hall–Kier alpha value is -2.68. The van der Waals surface area contributed by atoms with Crippen molar-refractivity contribution < 1.29 is 39.1 Å². The maximum Gasteiger partial charge on any atom is 0.170 e. The average Bonchev–Trinajstić information content (AvgIpc) is 3.25. The van der Waals surface area contributed by atoms with Crippen molar-refractivity contribution in [2.75, 3.05) is 13.2 Å². The zero-order chi connectivity index (χ0) is 23.7. The number of hydrogen-bond acceptors (Lipinski definition) is 7. The first kappa shape index (κ1) is 23.5. The number of rotatable bonds is 7. The molecule has 0 spiro atoms. The number of hydrogen-bond donors (Lipinski definition) is 4. The van der Waals surface area contributed by atoms with Crippen molar-refractivity contribution in [2.45, 2.75) is 57.1 Å².